The molecule has 0 fully saturated rings. The average Bonchev–Trinajstić information content (AvgIpc) is 2.44. The van der Waals surface area contributed by atoms with Crippen LogP contribution in [0.1, 0.15) is 12.5 Å². The number of alkyl halides is 1. The summed E-state index contributed by atoms with van der Waals surface area (Å²) in [6, 6.07) is 8.55. The van der Waals surface area contributed by atoms with Gasteiger partial charge in [-0.05, 0) is 18.1 Å². The molecular weight excluding hydrogens is 238 g/mol. The van der Waals surface area contributed by atoms with E-state index in [2.05, 4.69) is 64.9 Å². The molecule has 1 aromatic heterocycles. The number of halogens is 1. The zero-order chi connectivity index (χ0) is 10.1. The lowest BCUT2D eigenvalue weighted by atomic mass is 10.1. The molecule has 0 N–H and O–H groups in total. The van der Waals surface area contributed by atoms with Gasteiger partial charge in [0.15, 0.2) is 0 Å². The molecule has 0 spiro atoms. The van der Waals surface area contributed by atoms with Crippen molar-refractivity contribution in [2.75, 3.05) is 0 Å². The lowest BCUT2D eigenvalue weighted by Crippen LogP contribution is -1.94. The molecule has 0 bridgehead atoms. The quantitative estimate of drug-likeness (QED) is 0.721. The highest BCUT2D eigenvalue weighted by atomic mass is 79.9. The molecule has 0 saturated heterocycles. The summed E-state index contributed by atoms with van der Waals surface area (Å²) < 4.78 is 2.19. The summed E-state index contributed by atoms with van der Waals surface area (Å²) in [5.41, 5.74) is 2.74. The molecule has 2 heteroatoms. The third-order valence-corrected chi connectivity index (χ3v) is 2.80. The topological polar surface area (TPSA) is 4.93 Å². The third-order valence-electron chi connectivity index (χ3n) is 2.48. The standard InChI is InChI=1S/C12H14BrN/c1-9(13)7-10-8-14(2)12-6-4-3-5-11(10)12/h3-6,8-9H,7H2,1-2H3. The first-order valence-corrected chi connectivity index (χ1v) is 5.77. The van der Waals surface area contributed by atoms with E-state index in [1.165, 1.54) is 16.5 Å². The smallest absolute Gasteiger partial charge is 0.0480 e. The number of rotatable bonds is 2. The summed E-state index contributed by atoms with van der Waals surface area (Å²) in [5, 5.41) is 1.38. The van der Waals surface area contributed by atoms with E-state index < -0.39 is 0 Å². The van der Waals surface area contributed by atoms with Crippen LogP contribution in [-0.4, -0.2) is 9.39 Å². The van der Waals surface area contributed by atoms with Crippen molar-refractivity contribution >= 4 is 26.8 Å². The van der Waals surface area contributed by atoms with Gasteiger partial charge in [0.05, 0.1) is 0 Å². The summed E-state index contributed by atoms with van der Waals surface area (Å²) in [6.45, 7) is 2.18. The molecule has 1 nitrogen and oxygen atoms in total. The van der Waals surface area contributed by atoms with Crippen LogP contribution in [0.25, 0.3) is 10.9 Å². The van der Waals surface area contributed by atoms with E-state index in [9.17, 15) is 0 Å². The largest absolute Gasteiger partial charge is 0.350 e. The highest BCUT2D eigenvalue weighted by Crippen LogP contribution is 2.22. The first-order valence-electron chi connectivity index (χ1n) is 4.85. The second-order valence-electron chi connectivity index (χ2n) is 3.77. The number of benzene rings is 1. The fourth-order valence-corrected chi connectivity index (χ4v) is 2.24. The maximum absolute atomic E-state index is 3.60. The average molecular weight is 252 g/mol. The van der Waals surface area contributed by atoms with Gasteiger partial charge in [0.1, 0.15) is 0 Å². The summed E-state index contributed by atoms with van der Waals surface area (Å²) >= 11 is 3.60. The minimum absolute atomic E-state index is 0.535. The van der Waals surface area contributed by atoms with Crippen molar-refractivity contribution < 1.29 is 0 Å². The molecule has 1 heterocycles. The lowest BCUT2D eigenvalue weighted by Gasteiger charge is -2.00. The Balaban J connectivity index is 2.55. The number of fused-ring (bicyclic) bond motifs is 1. The minimum Gasteiger partial charge on any atom is -0.350 e. The lowest BCUT2D eigenvalue weighted by molar-refractivity contribution is 0.924. The van der Waals surface area contributed by atoms with Crippen molar-refractivity contribution in [1.82, 2.24) is 4.57 Å². The Morgan fingerprint density at radius 2 is 2.07 bits per heavy atom. The molecular formula is C12H14BrN. The van der Waals surface area contributed by atoms with Crippen LogP contribution in [0.4, 0.5) is 0 Å². The highest BCUT2D eigenvalue weighted by Gasteiger charge is 2.07. The molecule has 2 rings (SSSR count). The van der Waals surface area contributed by atoms with E-state index in [1.54, 1.807) is 0 Å². The highest BCUT2D eigenvalue weighted by molar-refractivity contribution is 9.09. The minimum atomic E-state index is 0.535. The predicted octanol–water partition coefficient (Wildman–Crippen LogP) is 3.50. The molecule has 0 amide bonds. The Labute approximate surface area is 92.9 Å². The maximum Gasteiger partial charge on any atom is 0.0480 e. The fourth-order valence-electron chi connectivity index (χ4n) is 1.89. The number of para-hydroxylation sites is 1. The van der Waals surface area contributed by atoms with E-state index in [0.29, 0.717) is 4.83 Å². The van der Waals surface area contributed by atoms with Crippen LogP contribution in [0.2, 0.25) is 0 Å². The van der Waals surface area contributed by atoms with E-state index in [0.717, 1.165) is 6.42 Å². The zero-order valence-corrected chi connectivity index (χ0v) is 10.1. The molecule has 1 aromatic carbocycles. The SMILES string of the molecule is CC(Br)Cc1cn(C)c2ccccc12. The molecule has 0 radical (unpaired) electrons. The summed E-state index contributed by atoms with van der Waals surface area (Å²) in [6.07, 6.45) is 3.31. The summed E-state index contributed by atoms with van der Waals surface area (Å²) in [7, 11) is 2.10. The van der Waals surface area contributed by atoms with Crippen LogP contribution < -0.4 is 0 Å². The molecule has 0 aliphatic heterocycles. The Morgan fingerprint density at radius 1 is 1.36 bits per heavy atom. The summed E-state index contributed by atoms with van der Waals surface area (Å²) in [4.78, 5) is 0.535. The van der Waals surface area contributed by atoms with Crippen molar-refractivity contribution in [3.8, 4) is 0 Å². The molecule has 0 saturated carbocycles. The first-order chi connectivity index (χ1) is 6.68. The first kappa shape index (κ1) is 9.78. The fraction of sp³-hybridized carbons (Fsp3) is 0.333. The molecule has 0 aliphatic rings. The second kappa shape index (κ2) is 3.77. The number of aromatic nitrogens is 1. The predicted molar refractivity (Wildman–Crippen MR) is 65.0 cm³/mol. The van der Waals surface area contributed by atoms with Crippen molar-refractivity contribution in [2.24, 2.45) is 7.05 Å². The van der Waals surface area contributed by atoms with Gasteiger partial charge in [0.2, 0.25) is 0 Å². The van der Waals surface area contributed by atoms with Gasteiger partial charge in [-0.15, -0.1) is 0 Å². The van der Waals surface area contributed by atoms with Gasteiger partial charge in [-0.1, -0.05) is 41.1 Å². The summed E-state index contributed by atoms with van der Waals surface area (Å²) in [5.74, 6) is 0. The van der Waals surface area contributed by atoms with E-state index >= 15 is 0 Å². The van der Waals surface area contributed by atoms with Gasteiger partial charge < -0.3 is 4.57 Å². The Kier molecular flexibility index (Phi) is 2.64. The molecule has 2 aromatic rings. The number of hydrogen-bond donors (Lipinski definition) is 0. The number of hydrogen-bond acceptors (Lipinski definition) is 0. The van der Waals surface area contributed by atoms with Crippen molar-refractivity contribution in [2.45, 2.75) is 18.2 Å². The van der Waals surface area contributed by atoms with Gasteiger partial charge in [-0.3, -0.25) is 0 Å². The number of aryl methyl sites for hydroxylation is 1. The van der Waals surface area contributed by atoms with Gasteiger partial charge in [0, 0.05) is 29.0 Å². The second-order valence-corrected chi connectivity index (χ2v) is 5.33. The Morgan fingerprint density at radius 3 is 2.79 bits per heavy atom. The van der Waals surface area contributed by atoms with E-state index in [-0.39, 0.29) is 0 Å². The Hall–Kier alpha value is -0.760. The third kappa shape index (κ3) is 1.71. The van der Waals surface area contributed by atoms with E-state index in [4.69, 9.17) is 0 Å². The number of nitrogens with zero attached hydrogens (tertiary/aromatic N) is 1. The molecule has 1 unspecified atom stereocenters. The molecule has 1 atom stereocenters. The van der Waals surface area contributed by atoms with Crippen LogP contribution in [0.15, 0.2) is 30.5 Å². The normalized spacial score (nSPS) is 13.4. The Bertz CT molecular complexity index is 443. The van der Waals surface area contributed by atoms with Gasteiger partial charge >= 0.3 is 0 Å². The van der Waals surface area contributed by atoms with Crippen molar-refractivity contribution in [3.05, 3.63) is 36.0 Å². The van der Waals surface area contributed by atoms with Crippen LogP contribution in [0.5, 0.6) is 0 Å². The van der Waals surface area contributed by atoms with E-state index in [1.807, 2.05) is 0 Å². The van der Waals surface area contributed by atoms with Crippen molar-refractivity contribution in [3.63, 3.8) is 0 Å². The van der Waals surface area contributed by atoms with Gasteiger partial charge in [0.25, 0.3) is 0 Å². The van der Waals surface area contributed by atoms with Crippen LogP contribution in [0, 0.1) is 0 Å². The molecule has 14 heavy (non-hydrogen) atoms. The van der Waals surface area contributed by atoms with Crippen LogP contribution in [0.3, 0.4) is 0 Å². The van der Waals surface area contributed by atoms with Gasteiger partial charge in [-0.2, -0.15) is 0 Å². The zero-order valence-electron chi connectivity index (χ0n) is 8.50. The van der Waals surface area contributed by atoms with Crippen molar-refractivity contribution in [1.29, 1.82) is 0 Å². The van der Waals surface area contributed by atoms with Gasteiger partial charge in [-0.25, -0.2) is 0 Å². The monoisotopic (exact) mass is 251 g/mol. The maximum atomic E-state index is 3.60. The van der Waals surface area contributed by atoms with Crippen LogP contribution >= 0.6 is 15.9 Å². The molecule has 74 valence electrons. The van der Waals surface area contributed by atoms with Crippen LogP contribution in [-0.2, 0) is 13.5 Å². The molecule has 0 aliphatic carbocycles.